The maximum absolute atomic E-state index is 12.3. The molecule has 0 aliphatic carbocycles. The molecule has 3 aliphatic rings. The van der Waals surface area contributed by atoms with Gasteiger partial charge in [0.15, 0.2) is 0 Å². The summed E-state index contributed by atoms with van der Waals surface area (Å²) in [6.07, 6.45) is 2.25. The van der Waals surface area contributed by atoms with Crippen molar-refractivity contribution in [2.24, 2.45) is 0 Å². The highest BCUT2D eigenvalue weighted by atomic mass is 16.5. The molecule has 11 heteroatoms. The Morgan fingerprint density at radius 2 is 1.47 bits per heavy atom. The van der Waals surface area contributed by atoms with Gasteiger partial charge < -0.3 is 25.2 Å². The second-order valence-corrected chi connectivity index (χ2v) is 7.29. The molecule has 0 bridgehead atoms. The van der Waals surface area contributed by atoms with E-state index in [0.29, 0.717) is 25.0 Å². The van der Waals surface area contributed by atoms with E-state index in [1.165, 1.54) is 0 Å². The quantitative estimate of drug-likeness (QED) is 0.431. The maximum Gasteiger partial charge on any atom is 0.328 e. The molecule has 3 saturated heterocycles. The summed E-state index contributed by atoms with van der Waals surface area (Å²) in [5, 5.41) is 18.4. The summed E-state index contributed by atoms with van der Waals surface area (Å²) in [6, 6.07) is -0.285. The van der Waals surface area contributed by atoms with Gasteiger partial charge in [0, 0.05) is 70.9 Å². The van der Waals surface area contributed by atoms with Crippen LogP contribution in [0.2, 0.25) is 0 Å². The number of amides is 2. The van der Waals surface area contributed by atoms with Crippen LogP contribution in [-0.2, 0) is 23.9 Å². The number of hydrogen-bond acceptors (Lipinski definition) is 7. The van der Waals surface area contributed by atoms with Crippen LogP contribution in [0, 0.1) is 0 Å². The number of hydrogen-bond donors (Lipinski definition) is 3. The number of nitrogens with zero attached hydrogens (tertiary/aromatic N) is 3. The summed E-state index contributed by atoms with van der Waals surface area (Å²) in [5.41, 5.74) is 0. The van der Waals surface area contributed by atoms with Crippen LogP contribution in [0.3, 0.4) is 0 Å². The standard InChI is InChI=1S/C15H26N4O3.C4H4O4/c20-14-2-1-13(16-14)15(21)19-7-5-17(6-8-19)3-4-18-9-11-22-12-10-18;5-3(6)1-2-4(7)8/h13H,1-12H2,(H,16,20);1-2H,(H,5,6)(H,7,8)/b;2-1-. The minimum atomic E-state index is -1.26. The van der Waals surface area contributed by atoms with Gasteiger partial charge in [-0.15, -0.1) is 0 Å². The van der Waals surface area contributed by atoms with Crippen molar-refractivity contribution in [3.63, 3.8) is 0 Å². The molecule has 3 N–H and O–H groups in total. The maximum atomic E-state index is 12.3. The highest BCUT2D eigenvalue weighted by Gasteiger charge is 2.32. The van der Waals surface area contributed by atoms with Gasteiger partial charge in [0.05, 0.1) is 13.2 Å². The van der Waals surface area contributed by atoms with E-state index in [-0.39, 0.29) is 17.9 Å². The molecular formula is C19H30N4O7. The molecule has 0 aromatic rings. The van der Waals surface area contributed by atoms with Gasteiger partial charge in [-0.2, -0.15) is 0 Å². The fourth-order valence-electron chi connectivity index (χ4n) is 3.46. The molecule has 3 aliphatic heterocycles. The molecule has 3 fully saturated rings. The van der Waals surface area contributed by atoms with Crippen LogP contribution in [0.15, 0.2) is 12.2 Å². The SMILES string of the molecule is O=C(O)/C=C\C(=O)O.O=C1CCC(C(=O)N2CCN(CCN3CCOCC3)CC2)N1. The van der Waals surface area contributed by atoms with Gasteiger partial charge in [-0.1, -0.05) is 0 Å². The van der Waals surface area contributed by atoms with Gasteiger partial charge in [0.1, 0.15) is 6.04 Å². The number of carbonyl (C=O) groups excluding carboxylic acids is 2. The van der Waals surface area contributed by atoms with Crippen LogP contribution in [0.5, 0.6) is 0 Å². The average molecular weight is 426 g/mol. The summed E-state index contributed by atoms with van der Waals surface area (Å²) >= 11 is 0. The van der Waals surface area contributed by atoms with Crippen molar-refractivity contribution in [3.8, 4) is 0 Å². The molecule has 0 aromatic heterocycles. The fourth-order valence-corrected chi connectivity index (χ4v) is 3.46. The predicted octanol–water partition coefficient (Wildman–Crippen LogP) is -1.55. The molecular weight excluding hydrogens is 396 g/mol. The Labute approximate surface area is 175 Å². The van der Waals surface area contributed by atoms with Crippen molar-refractivity contribution in [1.82, 2.24) is 20.0 Å². The zero-order chi connectivity index (χ0) is 21.9. The molecule has 11 nitrogen and oxygen atoms in total. The smallest absolute Gasteiger partial charge is 0.328 e. The lowest BCUT2D eigenvalue weighted by molar-refractivity contribution is -0.136. The minimum absolute atomic E-state index is 0.00231. The van der Waals surface area contributed by atoms with Crippen LogP contribution in [0.25, 0.3) is 0 Å². The molecule has 0 saturated carbocycles. The highest BCUT2D eigenvalue weighted by Crippen LogP contribution is 2.12. The number of carbonyl (C=O) groups is 4. The Morgan fingerprint density at radius 1 is 0.933 bits per heavy atom. The lowest BCUT2D eigenvalue weighted by Crippen LogP contribution is -2.54. The first-order chi connectivity index (χ1) is 14.3. The minimum Gasteiger partial charge on any atom is -0.478 e. The second-order valence-electron chi connectivity index (χ2n) is 7.29. The van der Waals surface area contributed by atoms with E-state index in [1.807, 2.05) is 4.90 Å². The van der Waals surface area contributed by atoms with Crippen molar-refractivity contribution < 1.29 is 34.1 Å². The number of carboxylic acids is 2. The topological polar surface area (TPSA) is 140 Å². The molecule has 1 atom stereocenters. The lowest BCUT2D eigenvalue weighted by atomic mass is 10.2. The third-order valence-corrected chi connectivity index (χ3v) is 5.18. The third kappa shape index (κ3) is 8.47. The summed E-state index contributed by atoms with van der Waals surface area (Å²) in [5.74, 6) is -2.42. The molecule has 3 rings (SSSR count). The van der Waals surface area contributed by atoms with Gasteiger partial charge in [0.25, 0.3) is 0 Å². The van der Waals surface area contributed by atoms with Crippen LogP contribution in [-0.4, -0.2) is 120 Å². The number of carboxylic acid groups (broad SMARTS) is 2. The monoisotopic (exact) mass is 426 g/mol. The van der Waals surface area contributed by atoms with Crippen LogP contribution >= 0.6 is 0 Å². The van der Waals surface area contributed by atoms with Crippen molar-refractivity contribution in [2.75, 3.05) is 65.6 Å². The molecule has 30 heavy (non-hydrogen) atoms. The van der Waals surface area contributed by atoms with Gasteiger partial charge in [-0.3, -0.25) is 19.4 Å². The molecule has 3 heterocycles. The first kappa shape index (κ1) is 23.8. The zero-order valence-electron chi connectivity index (χ0n) is 17.0. The van der Waals surface area contributed by atoms with E-state index in [4.69, 9.17) is 14.9 Å². The molecule has 0 spiro atoms. The molecule has 1 unspecified atom stereocenters. The van der Waals surface area contributed by atoms with E-state index in [9.17, 15) is 19.2 Å². The normalized spacial score (nSPS) is 23.0. The number of nitrogens with one attached hydrogen (secondary N) is 1. The second kappa shape index (κ2) is 12.3. The van der Waals surface area contributed by atoms with E-state index < -0.39 is 11.9 Å². The van der Waals surface area contributed by atoms with Crippen LogP contribution in [0.1, 0.15) is 12.8 Å². The summed E-state index contributed by atoms with van der Waals surface area (Å²) < 4.78 is 5.36. The van der Waals surface area contributed by atoms with Crippen LogP contribution in [0.4, 0.5) is 0 Å². The Bertz CT molecular complexity index is 625. The van der Waals surface area contributed by atoms with E-state index >= 15 is 0 Å². The van der Waals surface area contributed by atoms with Gasteiger partial charge in [-0.05, 0) is 6.42 Å². The number of piperazine rings is 1. The number of aliphatic carboxylic acids is 2. The van der Waals surface area contributed by atoms with Gasteiger partial charge in [-0.25, -0.2) is 9.59 Å². The predicted molar refractivity (Wildman–Crippen MR) is 106 cm³/mol. The van der Waals surface area contributed by atoms with E-state index in [0.717, 1.165) is 65.6 Å². The fraction of sp³-hybridized carbons (Fsp3) is 0.684. The Hall–Kier alpha value is -2.50. The number of morpholine rings is 1. The number of ether oxygens (including phenoxy) is 1. The Morgan fingerprint density at radius 3 is 1.93 bits per heavy atom. The van der Waals surface area contributed by atoms with Crippen LogP contribution < -0.4 is 5.32 Å². The first-order valence-corrected chi connectivity index (χ1v) is 10.1. The highest BCUT2D eigenvalue weighted by molar-refractivity contribution is 5.91. The largest absolute Gasteiger partial charge is 0.478 e. The van der Waals surface area contributed by atoms with Crippen molar-refractivity contribution >= 4 is 23.8 Å². The summed E-state index contributed by atoms with van der Waals surface area (Å²) in [6.45, 7) is 9.28. The van der Waals surface area contributed by atoms with Crippen molar-refractivity contribution in [2.45, 2.75) is 18.9 Å². The molecule has 0 radical (unpaired) electrons. The van der Waals surface area contributed by atoms with Crippen molar-refractivity contribution in [3.05, 3.63) is 12.2 Å². The van der Waals surface area contributed by atoms with Gasteiger partial charge in [0.2, 0.25) is 11.8 Å². The van der Waals surface area contributed by atoms with E-state index in [1.54, 1.807) is 0 Å². The van der Waals surface area contributed by atoms with Crippen molar-refractivity contribution in [1.29, 1.82) is 0 Å². The lowest BCUT2D eigenvalue weighted by Gasteiger charge is -2.37. The average Bonchev–Trinajstić information content (AvgIpc) is 3.18. The van der Waals surface area contributed by atoms with Gasteiger partial charge >= 0.3 is 11.9 Å². The first-order valence-electron chi connectivity index (χ1n) is 10.1. The molecule has 168 valence electrons. The Kier molecular flexibility index (Phi) is 9.71. The molecule has 2 amide bonds. The summed E-state index contributed by atoms with van der Waals surface area (Å²) in [4.78, 5) is 49.4. The van der Waals surface area contributed by atoms with E-state index in [2.05, 4.69) is 15.1 Å². The third-order valence-electron chi connectivity index (χ3n) is 5.18. The number of rotatable bonds is 6. The summed E-state index contributed by atoms with van der Waals surface area (Å²) in [7, 11) is 0. The molecule has 0 aromatic carbocycles. The zero-order valence-corrected chi connectivity index (χ0v) is 17.0. The Balaban J connectivity index is 0.000000343.